The van der Waals surface area contributed by atoms with E-state index in [4.69, 9.17) is 9.47 Å². The Morgan fingerprint density at radius 1 is 1.15 bits per heavy atom. The maximum atomic E-state index is 13.9. The fourth-order valence-corrected chi connectivity index (χ4v) is 2.20. The van der Waals surface area contributed by atoms with Crippen LogP contribution in [0.25, 0.3) is 0 Å². The SMILES string of the molecule is C=CCOC(=O)C(CCc1ccc(F)cc1)(C(=O)OCC(C)C)C(F)F. The second-order valence-electron chi connectivity index (χ2n) is 6.28. The van der Waals surface area contributed by atoms with Crippen LogP contribution in [-0.4, -0.2) is 31.6 Å². The van der Waals surface area contributed by atoms with Gasteiger partial charge in [-0.1, -0.05) is 38.6 Å². The van der Waals surface area contributed by atoms with Gasteiger partial charge in [0.25, 0.3) is 6.43 Å². The summed E-state index contributed by atoms with van der Waals surface area (Å²) in [5, 5.41) is 0. The molecule has 26 heavy (non-hydrogen) atoms. The van der Waals surface area contributed by atoms with Gasteiger partial charge >= 0.3 is 11.9 Å². The fourth-order valence-electron chi connectivity index (χ4n) is 2.20. The number of carbonyl (C=O) groups excluding carboxylic acids is 2. The molecule has 4 nitrogen and oxygen atoms in total. The van der Waals surface area contributed by atoms with Gasteiger partial charge < -0.3 is 9.47 Å². The lowest BCUT2D eigenvalue weighted by atomic mass is 9.82. The molecule has 0 bridgehead atoms. The van der Waals surface area contributed by atoms with Gasteiger partial charge in [-0.05, 0) is 36.5 Å². The molecule has 1 aromatic rings. The monoisotopic (exact) mass is 372 g/mol. The van der Waals surface area contributed by atoms with Crippen LogP contribution in [0.4, 0.5) is 13.2 Å². The van der Waals surface area contributed by atoms with Gasteiger partial charge in [-0.15, -0.1) is 0 Å². The molecule has 0 heterocycles. The Morgan fingerprint density at radius 3 is 2.23 bits per heavy atom. The molecule has 1 aromatic carbocycles. The van der Waals surface area contributed by atoms with Crippen LogP contribution < -0.4 is 0 Å². The zero-order valence-corrected chi connectivity index (χ0v) is 14.8. The third-order valence-corrected chi connectivity index (χ3v) is 3.70. The van der Waals surface area contributed by atoms with Gasteiger partial charge in [0, 0.05) is 0 Å². The molecule has 0 aliphatic heterocycles. The van der Waals surface area contributed by atoms with Crippen molar-refractivity contribution in [2.24, 2.45) is 11.3 Å². The summed E-state index contributed by atoms with van der Waals surface area (Å²) in [5.41, 5.74) is -2.24. The number of ether oxygens (including phenoxy) is 2. The minimum atomic E-state index is -3.32. The van der Waals surface area contributed by atoms with Gasteiger partial charge in [0.05, 0.1) is 6.61 Å². The summed E-state index contributed by atoms with van der Waals surface area (Å²) in [7, 11) is 0. The van der Waals surface area contributed by atoms with E-state index in [-0.39, 0.29) is 25.6 Å². The standard InChI is InChI=1S/C19H23F3O4/c1-4-11-25-17(23)19(16(21)22,18(24)26-12-13(2)3)10-9-14-5-7-15(20)8-6-14/h4-8,13,16H,1,9-12H2,2-3H3. The van der Waals surface area contributed by atoms with Gasteiger partial charge in [-0.25, -0.2) is 13.2 Å². The van der Waals surface area contributed by atoms with Gasteiger partial charge in [-0.3, -0.25) is 9.59 Å². The highest BCUT2D eigenvalue weighted by Crippen LogP contribution is 2.35. The molecule has 0 aliphatic carbocycles. The molecule has 0 amide bonds. The normalized spacial score (nSPS) is 13.3. The summed E-state index contributed by atoms with van der Waals surface area (Å²) in [6.45, 7) is 6.43. The van der Waals surface area contributed by atoms with E-state index in [1.807, 2.05) is 0 Å². The van der Waals surface area contributed by atoms with Crippen LogP contribution in [0.2, 0.25) is 0 Å². The van der Waals surface area contributed by atoms with Gasteiger partial charge in [0.15, 0.2) is 0 Å². The van der Waals surface area contributed by atoms with E-state index in [0.717, 1.165) is 0 Å². The number of aryl methyl sites for hydroxylation is 1. The van der Waals surface area contributed by atoms with E-state index < -0.39 is 36.0 Å². The molecule has 1 rings (SSSR count). The number of hydrogen-bond donors (Lipinski definition) is 0. The molecule has 0 N–H and O–H groups in total. The van der Waals surface area contributed by atoms with Crippen LogP contribution in [0.15, 0.2) is 36.9 Å². The third kappa shape index (κ3) is 5.61. The van der Waals surface area contributed by atoms with Crippen molar-refractivity contribution in [3.8, 4) is 0 Å². The zero-order valence-electron chi connectivity index (χ0n) is 14.8. The fraction of sp³-hybridized carbons (Fsp3) is 0.474. The van der Waals surface area contributed by atoms with Crippen LogP contribution in [0, 0.1) is 17.2 Å². The van der Waals surface area contributed by atoms with Crippen molar-refractivity contribution in [1.29, 1.82) is 0 Å². The van der Waals surface area contributed by atoms with Crippen molar-refractivity contribution in [3.63, 3.8) is 0 Å². The maximum absolute atomic E-state index is 13.9. The first kappa shape index (κ1) is 21.7. The minimum absolute atomic E-state index is 0.0510. The van der Waals surface area contributed by atoms with E-state index in [1.165, 1.54) is 30.3 Å². The second kappa shape index (κ2) is 9.99. The van der Waals surface area contributed by atoms with Gasteiger partial charge in [0.1, 0.15) is 12.4 Å². The number of esters is 2. The summed E-state index contributed by atoms with van der Waals surface area (Å²) in [5.74, 6) is -3.24. The maximum Gasteiger partial charge on any atom is 0.329 e. The summed E-state index contributed by atoms with van der Waals surface area (Å²) < 4.78 is 50.4. The highest BCUT2D eigenvalue weighted by Gasteiger charge is 2.56. The van der Waals surface area contributed by atoms with Crippen LogP contribution in [0.1, 0.15) is 25.8 Å². The van der Waals surface area contributed by atoms with Crippen LogP contribution in [0.5, 0.6) is 0 Å². The number of halogens is 3. The summed E-state index contributed by atoms with van der Waals surface area (Å²) in [4.78, 5) is 24.7. The predicted molar refractivity (Wildman–Crippen MR) is 90.1 cm³/mol. The van der Waals surface area contributed by atoms with Crippen molar-refractivity contribution < 1.29 is 32.2 Å². The molecule has 1 unspecified atom stereocenters. The van der Waals surface area contributed by atoms with Gasteiger partial charge in [0.2, 0.25) is 5.41 Å². The molecule has 0 aliphatic rings. The molecule has 144 valence electrons. The summed E-state index contributed by atoms with van der Waals surface area (Å²) >= 11 is 0. The molecule has 0 aromatic heterocycles. The molecule has 0 radical (unpaired) electrons. The quantitative estimate of drug-likeness (QED) is 0.355. The number of carbonyl (C=O) groups is 2. The average molecular weight is 372 g/mol. The van der Waals surface area contributed by atoms with E-state index in [0.29, 0.717) is 5.56 Å². The van der Waals surface area contributed by atoms with Crippen LogP contribution in [-0.2, 0) is 25.5 Å². The molecule has 0 saturated heterocycles. The lowest BCUT2D eigenvalue weighted by Gasteiger charge is -2.28. The Balaban J connectivity index is 3.10. The van der Waals surface area contributed by atoms with Crippen LogP contribution >= 0.6 is 0 Å². The molecule has 0 saturated carbocycles. The lowest BCUT2D eigenvalue weighted by Crippen LogP contribution is -2.48. The molecule has 7 heteroatoms. The number of rotatable bonds is 10. The predicted octanol–water partition coefficient (Wildman–Crippen LogP) is 3.94. The number of hydrogen-bond acceptors (Lipinski definition) is 4. The summed E-state index contributed by atoms with van der Waals surface area (Å²) in [6, 6.07) is 5.15. The van der Waals surface area contributed by atoms with E-state index in [2.05, 4.69) is 6.58 Å². The third-order valence-electron chi connectivity index (χ3n) is 3.70. The first-order chi connectivity index (χ1) is 12.2. The zero-order chi connectivity index (χ0) is 19.7. The summed E-state index contributed by atoms with van der Waals surface area (Å²) in [6.07, 6.45) is -2.68. The van der Waals surface area contributed by atoms with Crippen molar-refractivity contribution in [2.75, 3.05) is 13.2 Å². The van der Waals surface area contributed by atoms with Crippen molar-refractivity contribution in [1.82, 2.24) is 0 Å². The molecule has 1 atom stereocenters. The second-order valence-corrected chi connectivity index (χ2v) is 6.28. The Hall–Kier alpha value is -2.31. The molecular weight excluding hydrogens is 349 g/mol. The number of benzene rings is 1. The van der Waals surface area contributed by atoms with E-state index in [1.54, 1.807) is 13.8 Å². The topological polar surface area (TPSA) is 52.6 Å². The van der Waals surface area contributed by atoms with Crippen molar-refractivity contribution in [3.05, 3.63) is 48.3 Å². The Morgan fingerprint density at radius 2 is 1.73 bits per heavy atom. The Bertz CT molecular complexity index is 614. The Labute approximate surface area is 151 Å². The first-order valence-corrected chi connectivity index (χ1v) is 8.22. The minimum Gasteiger partial charge on any atom is -0.464 e. The largest absolute Gasteiger partial charge is 0.464 e. The van der Waals surface area contributed by atoms with E-state index in [9.17, 15) is 22.8 Å². The highest BCUT2D eigenvalue weighted by molar-refractivity contribution is 6.00. The highest BCUT2D eigenvalue weighted by atomic mass is 19.3. The lowest BCUT2D eigenvalue weighted by molar-refractivity contribution is -0.185. The van der Waals surface area contributed by atoms with Gasteiger partial charge in [-0.2, -0.15) is 0 Å². The molecular formula is C19H23F3O4. The molecule has 0 spiro atoms. The number of alkyl halides is 2. The van der Waals surface area contributed by atoms with Crippen molar-refractivity contribution in [2.45, 2.75) is 33.1 Å². The molecule has 0 fully saturated rings. The smallest absolute Gasteiger partial charge is 0.329 e. The first-order valence-electron chi connectivity index (χ1n) is 8.22. The van der Waals surface area contributed by atoms with E-state index >= 15 is 0 Å². The Kier molecular flexibility index (Phi) is 8.35. The van der Waals surface area contributed by atoms with Crippen molar-refractivity contribution >= 4 is 11.9 Å². The average Bonchev–Trinajstić information content (AvgIpc) is 2.59. The van der Waals surface area contributed by atoms with Crippen LogP contribution in [0.3, 0.4) is 0 Å².